The van der Waals surface area contributed by atoms with Crippen LogP contribution in [0.1, 0.15) is 39.0 Å². The van der Waals surface area contributed by atoms with Crippen molar-refractivity contribution in [2.24, 2.45) is 40.5 Å². The highest BCUT2D eigenvalue weighted by atomic mass is 16.2. The van der Waals surface area contributed by atoms with Crippen molar-refractivity contribution in [3.05, 3.63) is 12.2 Å². The van der Waals surface area contributed by atoms with Crippen molar-refractivity contribution < 1.29 is 9.59 Å². The molecule has 0 aromatic rings. The monoisotopic (exact) mass is 372 g/mol. The number of hydrogen-bond acceptors (Lipinski definition) is 3. The van der Waals surface area contributed by atoms with E-state index in [9.17, 15) is 9.59 Å². The Morgan fingerprint density at radius 1 is 1.11 bits per heavy atom. The van der Waals surface area contributed by atoms with E-state index in [1.54, 1.807) is 7.05 Å². The maximum Gasteiger partial charge on any atom is 0.233 e. The Bertz CT molecular complexity index is 629. The summed E-state index contributed by atoms with van der Waals surface area (Å²) in [7, 11) is 1.76. The third kappa shape index (κ3) is 3.50. The number of aliphatic imine (C=N–C) groups is 1. The molecule has 0 aromatic carbocycles. The lowest BCUT2D eigenvalue weighted by atomic mass is 9.82. The van der Waals surface area contributed by atoms with Crippen LogP contribution < -0.4 is 10.6 Å². The number of likely N-dealkylation sites (tertiary alicyclic amines) is 1. The predicted molar refractivity (Wildman–Crippen MR) is 105 cm³/mol. The van der Waals surface area contributed by atoms with Gasteiger partial charge in [-0.15, -0.1) is 0 Å². The largest absolute Gasteiger partial charge is 0.356 e. The smallest absolute Gasteiger partial charge is 0.233 e. The molecule has 1 aliphatic heterocycles. The number of fused-ring (bicyclic) bond motifs is 5. The van der Waals surface area contributed by atoms with Gasteiger partial charge in [0.25, 0.3) is 0 Å². The molecule has 6 heteroatoms. The van der Waals surface area contributed by atoms with E-state index in [1.165, 1.54) is 30.6 Å². The lowest BCUT2D eigenvalue weighted by Gasteiger charge is -2.27. The topological polar surface area (TPSA) is 73.8 Å². The number of carbonyl (C=O) groups excluding carboxylic acids is 2. The number of hydrogen-bond donors (Lipinski definition) is 2. The van der Waals surface area contributed by atoms with E-state index in [4.69, 9.17) is 0 Å². The fourth-order valence-electron chi connectivity index (χ4n) is 5.68. The van der Waals surface area contributed by atoms with Gasteiger partial charge in [-0.1, -0.05) is 31.9 Å². The minimum absolute atomic E-state index is 0.0304. The third-order valence-electron chi connectivity index (χ3n) is 7.02. The molecule has 2 N–H and O–H groups in total. The first-order valence-corrected chi connectivity index (χ1v) is 10.6. The van der Waals surface area contributed by atoms with Crippen LogP contribution in [-0.4, -0.2) is 49.4 Å². The highest BCUT2D eigenvalue weighted by Crippen LogP contribution is 2.52. The Kier molecular flexibility index (Phi) is 5.24. The fourth-order valence-corrected chi connectivity index (χ4v) is 5.68. The molecule has 0 radical (unpaired) electrons. The lowest BCUT2D eigenvalue weighted by molar-refractivity contribution is -0.140. The molecule has 148 valence electrons. The summed E-state index contributed by atoms with van der Waals surface area (Å²) >= 11 is 0. The zero-order valence-electron chi connectivity index (χ0n) is 16.5. The number of rotatable bonds is 5. The molecule has 3 aliphatic carbocycles. The van der Waals surface area contributed by atoms with Crippen LogP contribution in [-0.2, 0) is 9.59 Å². The van der Waals surface area contributed by atoms with Gasteiger partial charge in [-0.2, -0.15) is 0 Å². The Balaban J connectivity index is 1.23. The van der Waals surface area contributed by atoms with Crippen LogP contribution >= 0.6 is 0 Å². The summed E-state index contributed by atoms with van der Waals surface area (Å²) in [5, 5.41) is 6.68. The zero-order valence-corrected chi connectivity index (χ0v) is 16.5. The number of nitrogens with one attached hydrogen (secondary N) is 2. The molecule has 6 nitrogen and oxygen atoms in total. The predicted octanol–water partition coefficient (Wildman–Crippen LogP) is 1.78. The Morgan fingerprint density at radius 3 is 2.44 bits per heavy atom. The van der Waals surface area contributed by atoms with Gasteiger partial charge in [-0.3, -0.25) is 19.5 Å². The molecular weight excluding hydrogens is 340 g/mol. The fraction of sp³-hybridized carbons (Fsp3) is 0.762. The third-order valence-corrected chi connectivity index (χ3v) is 7.02. The first-order chi connectivity index (χ1) is 13.1. The average Bonchev–Trinajstić information content (AvgIpc) is 3.34. The summed E-state index contributed by atoms with van der Waals surface area (Å²) in [6, 6.07) is 0. The molecular formula is C21H32N4O2. The van der Waals surface area contributed by atoms with E-state index in [0.29, 0.717) is 19.0 Å². The number of allylic oxidation sites excluding steroid dienone is 2. The standard InChI is InChI=1S/C21H32N4O2/c1-13-4-3-5-14(10-13)12-24-21(22-2)23-8-9-25-19(26)17-15-6-7-16(11-15)18(17)20(25)27/h6-7,13-18H,3-5,8-12H2,1-2H3,(H2,22,23,24). The second-order valence-electron chi connectivity index (χ2n) is 8.85. The van der Waals surface area contributed by atoms with E-state index >= 15 is 0 Å². The number of imide groups is 1. The van der Waals surface area contributed by atoms with Crippen molar-refractivity contribution in [2.45, 2.75) is 39.0 Å². The summed E-state index contributed by atoms with van der Waals surface area (Å²) in [5.41, 5.74) is 0. The molecule has 27 heavy (non-hydrogen) atoms. The van der Waals surface area contributed by atoms with Gasteiger partial charge >= 0.3 is 0 Å². The van der Waals surface area contributed by atoms with Gasteiger partial charge in [0, 0.05) is 26.7 Å². The number of carbonyl (C=O) groups is 2. The maximum atomic E-state index is 12.7. The van der Waals surface area contributed by atoms with Crippen LogP contribution in [0.5, 0.6) is 0 Å². The molecule has 1 saturated heterocycles. The quantitative estimate of drug-likeness (QED) is 0.334. The van der Waals surface area contributed by atoms with Crippen LogP contribution in [0, 0.1) is 35.5 Å². The van der Waals surface area contributed by atoms with Gasteiger partial charge in [-0.25, -0.2) is 0 Å². The highest BCUT2D eigenvalue weighted by molar-refractivity contribution is 6.06. The Labute approximate surface area is 161 Å². The minimum atomic E-state index is -0.0989. The van der Waals surface area contributed by atoms with E-state index in [0.717, 1.165) is 24.8 Å². The maximum absolute atomic E-state index is 12.7. The second-order valence-corrected chi connectivity index (χ2v) is 8.85. The molecule has 2 bridgehead atoms. The molecule has 1 heterocycles. The molecule has 4 rings (SSSR count). The van der Waals surface area contributed by atoms with Crippen molar-refractivity contribution in [3.63, 3.8) is 0 Å². The summed E-state index contributed by atoms with van der Waals surface area (Å²) in [6.45, 7) is 4.23. The van der Waals surface area contributed by atoms with Crippen LogP contribution in [0.25, 0.3) is 0 Å². The van der Waals surface area contributed by atoms with Gasteiger partial charge in [-0.05, 0) is 42.9 Å². The van der Waals surface area contributed by atoms with E-state index in [-0.39, 0.29) is 35.5 Å². The van der Waals surface area contributed by atoms with Crippen LogP contribution in [0.15, 0.2) is 17.1 Å². The molecule has 4 aliphatic rings. The molecule has 6 atom stereocenters. The lowest BCUT2D eigenvalue weighted by Crippen LogP contribution is -2.45. The average molecular weight is 373 g/mol. The molecule has 3 fully saturated rings. The zero-order chi connectivity index (χ0) is 19.0. The summed E-state index contributed by atoms with van der Waals surface area (Å²) in [6.07, 6.45) is 10.5. The first kappa shape index (κ1) is 18.5. The van der Waals surface area contributed by atoms with Gasteiger partial charge in [0.05, 0.1) is 11.8 Å². The van der Waals surface area contributed by atoms with Crippen molar-refractivity contribution in [1.29, 1.82) is 0 Å². The Morgan fingerprint density at radius 2 is 1.81 bits per heavy atom. The molecule has 0 spiro atoms. The van der Waals surface area contributed by atoms with Gasteiger partial charge in [0.2, 0.25) is 11.8 Å². The highest BCUT2D eigenvalue weighted by Gasteiger charge is 2.58. The number of nitrogens with zero attached hydrogens (tertiary/aromatic N) is 2. The van der Waals surface area contributed by atoms with E-state index in [2.05, 4.69) is 34.7 Å². The van der Waals surface area contributed by atoms with Gasteiger partial charge in [0.1, 0.15) is 0 Å². The molecule has 2 amide bonds. The summed E-state index contributed by atoms with van der Waals surface area (Å²) in [5.74, 6) is 2.70. The molecule has 2 saturated carbocycles. The van der Waals surface area contributed by atoms with E-state index in [1.807, 2.05) is 0 Å². The first-order valence-electron chi connectivity index (χ1n) is 10.6. The van der Waals surface area contributed by atoms with Crippen LogP contribution in [0.4, 0.5) is 0 Å². The Hall–Kier alpha value is -1.85. The van der Waals surface area contributed by atoms with Crippen LogP contribution in [0.2, 0.25) is 0 Å². The van der Waals surface area contributed by atoms with E-state index < -0.39 is 0 Å². The van der Waals surface area contributed by atoms with Crippen molar-refractivity contribution >= 4 is 17.8 Å². The number of amides is 2. The second kappa shape index (κ2) is 7.64. The molecule has 6 unspecified atom stereocenters. The molecule has 0 aromatic heterocycles. The summed E-state index contributed by atoms with van der Waals surface area (Å²) in [4.78, 5) is 31.1. The minimum Gasteiger partial charge on any atom is -0.356 e. The number of guanidine groups is 1. The van der Waals surface area contributed by atoms with Crippen molar-refractivity contribution in [3.8, 4) is 0 Å². The van der Waals surface area contributed by atoms with Gasteiger partial charge in [0.15, 0.2) is 5.96 Å². The normalized spacial score (nSPS) is 37.9. The van der Waals surface area contributed by atoms with Crippen LogP contribution in [0.3, 0.4) is 0 Å². The van der Waals surface area contributed by atoms with Crippen molar-refractivity contribution in [1.82, 2.24) is 15.5 Å². The summed E-state index contributed by atoms with van der Waals surface area (Å²) < 4.78 is 0. The van der Waals surface area contributed by atoms with Crippen molar-refractivity contribution in [2.75, 3.05) is 26.7 Å². The SMILES string of the molecule is CN=C(NCCN1C(=O)C2C3C=CC(C3)C2C1=O)NCC1CCCC(C)C1. The van der Waals surface area contributed by atoms with Gasteiger partial charge < -0.3 is 10.6 Å².